The van der Waals surface area contributed by atoms with Crippen LogP contribution in [0.4, 0.5) is 0 Å². The average molecular weight is 424 g/mol. The Labute approximate surface area is 183 Å². The summed E-state index contributed by atoms with van der Waals surface area (Å²) in [4.78, 5) is 0. The zero-order chi connectivity index (χ0) is 20.9. The fourth-order valence-electron chi connectivity index (χ4n) is 3.89. The lowest BCUT2D eigenvalue weighted by Gasteiger charge is -2.21. The van der Waals surface area contributed by atoms with Gasteiger partial charge in [0, 0.05) is 5.30 Å². The van der Waals surface area contributed by atoms with E-state index in [0.717, 1.165) is 0 Å². The van der Waals surface area contributed by atoms with E-state index in [0.29, 0.717) is 0 Å². The number of benzene rings is 4. The number of rotatable bonds is 5. The molecule has 0 aromatic heterocycles. The van der Waals surface area contributed by atoms with Crippen LogP contribution in [0.1, 0.15) is 22.3 Å². The molecule has 0 bridgehead atoms. The first-order chi connectivity index (χ1) is 14.6. The van der Waals surface area contributed by atoms with Crippen LogP contribution in [-0.2, 0) is 0 Å². The summed E-state index contributed by atoms with van der Waals surface area (Å²) in [6.07, 6.45) is 0. The average Bonchev–Trinajstić information content (AvgIpc) is 2.76. The van der Waals surface area contributed by atoms with E-state index in [2.05, 4.69) is 124 Å². The van der Waals surface area contributed by atoms with Gasteiger partial charge in [0.25, 0.3) is 0 Å². The zero-order valence-electron chi connectivity index (χ0n) is 17.7. The second-order valence-electron chi connectivity index (χ2n) is 7.57. The molecule has 4 aromatic carbocycles. The molecular formula is C28H26P2. The van der Waals surface area contributed by atoms with E-state index in [1.54, 1.807) is 0 Å². The monoisotopic (exact) mass is 424 g/mol. The van der Waals surface area contributed by atoms with E-state index < -0.39 is 7.92 Å². The summed E-state index contributed by atoms with van der Waals surface area (Å²) in [5.41, 5.74) is 5.41. The Bertz CT molecular complexity index is 1100. The summed E-state index contributed by atoms with van der Waals surface area (Å²) in [5, 5.41) is 5.61. The van der Waals surface area contributed by atoms with Crippen LogP contribution in [0, 0.1) is 20.8 Å². The molecule has 4 aromatic rings. The SMILES string of the molecule is Cc1cc(C)c(P=Cc2ccccc2P(c2ccccc2)c2ccccc2)c(C)c1. The van der Waals surface area contributed by atoms with Crippen molar-refractivity contribution in [2.75, 3.05) is 0 Å². The second kappa shape index (κ2) is 9.53. The molecule has 2 heteroatoms. The molecule has 0 N–H and O–H groups in total. The molecule has 30 heavy (non-hydrogen) atoms. The summed E-state index contributed by atoms with van der Waals surface area (Å²) in [6, 6.07) is 35.3. The Balaban J connectivity index is 1.82. The van der Waals surface area contributed by atoms with Crippen LogP contribution >= 0.6 is 16.1 Å². The molecule has 0 unspecified atom stereocenters. The highest BCUT2D eigenvalue weighted by molar-refractivity contribution is 7.80. The van der Waals surface area contributed by atoms with E-state index in [9.17, 15) is 0 Å². The van der Waals surface area contributed by atoms with Crippen molar-refractivity contribution >= 4 is 43.1 Å². The highest BCUT2D eigenvalue weighted by Gasteiger charge is 2.18. The van der Waals surface area contributed by atoms with Gasteiger partial charge in [-0.2, -0.15) is 0 Å². The van der Waals surface area contributed by atoms with Crippen LogP contribution in [0.3, 0.4) is 0 Å². The van der Waals surface area contributed by atoms with Crippen molar-refractivity contribution in [1.29, 1.82) is 0 Å². The number of hydrogen-bond donors (Lipinski definition) is 0. The summed E-state index contributed by atoms with van der Waals surface area (Å²) in [5.74, 6) is 2.39. The highest BCUT2D eigenvalue weighted by Crippen LogP contribution is 2.33. The lowest BCUT2D eigenvalue weighted by Crippen LogP contribution is -2.23. The number of hydrogen-bond acceptors (Lipinski definition) is 0. The van der Waals surface area contributed by atoms with Gasteiger partial charge in [-0.25, -0.2) is 0 Å². The van der Waals surface area contributed by atoms with Crippen LogP contribution in [0.5, 0.6) is 0 Å². The third-order valence-corrected chi connectivity index (χ3v) is 9.06. The fourth-order valence-corrected chi connectivity index (χ4v) is 7.45. The van der Waals surface area contributed by atoms with Crippen LogP contribution in [0.15, 0.2) is 97.1 Å². The Kier molecular flexibility index (Phi) is 6.59. The van der Waals surface area contributed by atoms with Gasteiger partial charge in [0.15, 0.2) is 0 Å². The van der Waals surface area contributed by atoms with Crippen molar-refractivity contribution in [3.8, 4) is 0 Å². The molecule has 0 saturated carbocycles. The van der Waals surface area contributed by atoms with Gasteiger partial charge in [0.1, 0.15) is 0 Å². The first kappa shape index (κ1) is 20.7. The molecule has 0 spiro atoms. The Morgan fingerprint density at radius 3 is 1.70 bits per heavy atom. The molecule has 148 valence electrons. The van der Waals surface area contributed by atoms with Crippen LogP contribution < -0.4 is 21.2 Å². The molecule has 0 atom stereocenters. The molecule has 0 radical (unpaired) electrons. The molecule has 0 nitrogen and oxygen atoms in total. The highest BCUT2D eigenvalue weighted by atomic mass is 31.1. The van der Waals surface area contributed by atoms with E-state index in [4.69, 9.17) is 0 Å². The standard InChI is InChI=1S/C28H26P2/c1-21-18-22(2)28(23(3)19-21)29-20-24-12-10-11-17-27(24)30(25-13-6-4-7-14-25)26-15-8-5-9-16-26/h4-20H,1-3H3. The van der Waals surface area contributed by atoms with Gasteiger partial charge in [-0.15, -0.1) is 0 Å². The van der Waals surface area contributed by atoms with Gasteiger partial charge in [-0.3, -0.25) is 0 Å². The van der Waals surface area contributed by atoms with Crippen molar-refractivity contribution in [2.45, 2.75) is 20.8 Å². The van der Waals surface area contributed by atoms with Gasteiger partial charge in [0.2, 0.25) is 0 Å². The van der Waals surface area contributed by atoms with E-state index in [-0.39, 0.29) is 0 Å². The van der Waals surface area contributed by atoms with Crippen LogP contribution in [0.25, 0.3) is 0 Å². The van der Waals surface area contributed by atoms with Crippen molar-refractivity contribution in [1.82, 2.24) is 0 Å². The Morgan fingerprint density at radius 2 is 1.13 bits per heavy atom. The minimum Gasteiger partial charge on any atom is -0.0672 e. The van der Waals surface area contributed by atoms with Crippen LogP contribution in [-0.4, -0.2) is 5.80 Å². The molecule has 0 aliphatic rings. The quantitative estimate of drug-likeness (QED) is 0.356. The normalized spacial score (nSPS) is 11.3. The van der Waals surface area contributed by atoms with E-state index in [1.807, 2.05) is 0 Å². The topological polar surface area (TPSA) is 0 Å². The van der Waals surface area contributed by atoms with Crippen molar-refractivity contribution in [3.05, 3.63) is 119 Å². The molecule has 0 aliphatic heterocycles. The largest absolute Gasteiger partial charge is 0.0672 e. The van der Waals surface area contributed by atoms with Gasteiger partial charge in [-0.1, -0.05) is 111 Å². The zero-order valence-corrected chi connectivity index (χ0v) is 19.5. The van der Waals surface area contributed by atoms with Gasteiger partial charge >= 0.3 is 0 Å². The maximum atomic E-state index is 2.39. The molecule has 0 fully saturated rings. The molecule has 0 saturated heterocycles. The van der Waals surface area contributed by atoms with Crippen molar-refractivity contribution < 1.29 is 0 Å². The number of aryl methyl sites for hydroxylation is 3. The maximum absolute atomic E-state index is 2.39. The summed E-state index contributed by atoms with van der Waals surface area (Å²) in [7, 11) is 0.651. The lowest BCUT2D eigenvalue weighted by atomic mass is 10.1. The van der Waals surface area contributed by atoms with Gasteiger partial charge in [-0.05, 0) is 67.1 Å². The predicted molar refractivity (Wildman–Crippen MR) is 138 cm³/mol. The van der Waals surface area contributed by atoms with Gasteiger partial charge in [0.05, 0.1) is 0 Å². The molecule has 0 heterocycles. The summed E-state index contributed by atoms with van der Waals surface area (Å²) < 4.78 is 0. The second-order valence-corrected chi connectivity index (χ2v) is 10.7. The van der Waals surface area contributed by atoms with E-state index >= 15 is 0 Å². The minimum absolute atomic E-state index is 0.603. The van der Waals surface area contributed by atoms with Crippen molar-refractivity contribution in [3.63, 3.8) is 0 Å². The van der Waals surface area contributed by atoms with Crippen LogP contribution in [0.2, 0.25) is 0 Å². The summed E-state index contributed by atoms with van der Waals surface area (Å²) in [6.45, 7) is 6.62. The summed E-state index contributed by atoms with van der Waals surface area (Å²) >= 11 is 0. The Hall–Kier alpha value is -2.52. The van der Waals surface area contributed by atoms with Crippen molar-refractivity contribution in [2.24, 2.45) is 0 Å². The smallest absolute Gasteiger partial charge is 0.00766 e. The molecular weight excluding hydrogens is 398 g/mol. The molecule has 4 rings (SSSR count). The third kappa shape index (κ3) is 4.62. The minimum atomic E-state index is -0.603. The van der Waals surface area contributed by atoms with E-state index in [1.165, 1.54) is 51.7 Å². The first-order valence-corrected chi connectivity index (χ1v) is 12.5. The third-order valence-electron chi connectivity index (χ3n) is 5.17. The van der Waals surface area contributed by atoms with Gasteiger partial charge < -0.3 is 0 Å². The lowest BCUT2D eigenvalue weighted by molar-refractivity contribution is 1.36. The Morgan fingerprint density at radius 1 is 0.633 bits per heavy atom. The first-order valence-electron chi connectivity index (χ1n) is 10.2. The molecule has 0 aliphatic carbocycles. The molecule has 0 amide bonds. The predicted octanol–water partition coefficient (Wildman–Crippen LogP) is 5.79. The maximum Gasteiger partial charge on any atom is 0.00766 e. The fraction of sp³-hybridized carbons (Fsp3) is 0.107.